The number of hydrogen-bond acceptors (Lipinski definition) is 7. The summed E-state index contributed by atoms with van der Waals surface area (Å²) in [7, 11) is 0. The summed E-state index contributed by atoms with van der Waals surface area (Å²) in [5, 5.41) is 10.2. The number of ketones is 1. The molecule has 9 heteroatoms. The fraction of sp³-hybridized carbons (Fsp3) is 0.156. The van der Waals surface area contributed by atoms with Gasteiger partial charge in [-0.05, 0) is 73.5 Å². The number of pyridine rings is 1. The predicted molar refractivity (Wildman–Crippen MR) is 158 cm³/mol. The SMILES string of the molecule is Cc1nc(SC2CC(=O)N(c3ccc(Oc4ccc(Cl)cc4)cc3)C2=O)c(C#N)c(C)c1CC(=O)c1ccccc1. The lowest BCUT2D eigenvalue weighted by molar-refractivity contribution is -0.121. The molecule has 7 nitrogen and oxygen atoms in total. The first kappa shape index (κ1) is 28.1. The molecular weight excluding hydrogens is 558 g/mol. The minimum Gasteiger partial charge on any atom is -0.457 e. The Morgan fingerprint density at radius 2 is 1.66 bits per heavy atom. The molecule has 1 aliphatic rings. The number of halogens is 1. The highest BCUT2D eigenvalue weighted by Crippen LogP contribution is 2.37. The number of aromatic nitrogens is 1. The van der Waals surface area contributed by atoms with Crippen molar-refractivity contribution in [3.63, 3.8) is 0 Å². The van der Waals surface area contributed by atoms with Crippen molar-refractivity contribution in [2.75, 3.05) is 4.90 Å². The molecule has 4 aromatic rings. The number of Topliss-reactive ketones (excluding diaryl/α,β-unsaturated/α-hetero) is 1. The first-order chi connectivity index (χ1) is 19.7. The Kier molecular flexibility index (Phi) is 8.20. The van der Waals surface area contributed by atoms with Gasteiger partial charge in [0.05, 0.1) is 16.5 Å². The van der Waals surface area contributed by atoms with Gasteiger partial charge in [0.2, 0.25) is 11.8 Å². The van der Waals surface area contributed by atoms with Crippen LogP contribution < -0.4 is 9.64 Å². The summed E-state index contributed by atoms with van der Waals surface area (Å²) in [4.78, 5) is 44.9. The Morgan fingerprint density at radius 3 is 2.29 bits per heavy atom. The van der Waals surface area contributed by atoms with E-state index < -0.39 is 5.25 Å². The molecule has 0 N–H and O–H groups in total. The zero-order valence-electron chi connectivity index (χ0n) is 22.3. The van der Waals surface area contributed by atoms with Crippen LogP contribution in [0.25, 0.3) is 0 Å². The van der Waals surface area contributed by atoms with Crippen LogP contribution in [0.3, 0.4) is 0 Å². The number of imide groups is 1. The molecule has 2 amide bonds. The van der Waals surface area contributed by atoms with E-state index in [-0.39, 0.29) is 30.4 Å². The highest BCUT2D eigenvalue weighted by Gasteiger charge is 2.41. The van der Waals surface area contributed by atoms with Crippen LogP contribution >= 0.6 is 23.4 Å². The number of hydrogen-bond donors (Lipinski definition) is 0. The average molecular weight is 582 g/mol. The van der Waals surface area contributed by atoms with E-state index in [1.165, 1.54) is 0 Å². The maximum Gasteiger partial charge on any atom is 0.247 e. The van der Waals surface area contributed by atoms with Crippen LogP contribution in [0.4, 0.5) is 5.69 Å². The van der Waals surface area contributed by atoms with Crippen LogP contribution in [0.5, 0.6) is 11.5 Å². The topological polar surface area (TPSA) is 100 Å². The third-order valence-electron chi connectivity index (χ3n) is 6.80. The molecule has 0 aliphatic carbocycles. The standard InChI is InChI=1S/C32H24ClN3O4S/c1-19-26(16-28(37)21-6-4-3-5-7-21)20(2)35-31(27(19)18-34)41-29-17-30(38)36(32(29)39)23-10-14-25(15-11-23)40-24-12-8-22(33)9-13-24/h3-15,29H,16-17H2,1-2H3. The van der Waals surface area contributed by atoms with Gasteiger partial charge in [-0.3, -0.25) is 14.4 Å². The van der Waals surface area contributed by atoms with Crippen LogP contribution in [0.15, 0.2) is 83.9 Å². The quantitative estimate of drug-likeness (QED) is 0.165. The molecule has 1 unspecified atom stereocenters. The predicted octanol–water partition coefficient (Wildman–Crippen LogP) is 6.87. The van der Waals surface area contributed by atoms with Crippen molar-refractivity contribution in [2.24, 2.45) is 0 Å². The number of thioether (sulfide) groups is 1. The van der Waals surface area contributed by atoms with Gasteiger partial charge >= 0.3 is 0 Å². The van der Waals surface area contributed by atoms with Gasteiger partial charge in [-0.25, -0.2) is 9.88 Å². The van der Waals surface area contributed by atoms with Crippen LogP contribution in [0, 0.1) is 25.2 Å². The highest BCUT2D eigenvalue weighted by atomic mass is 35.5. The average Bonchev–Trinajstić information content (AvgIpc) is 3.25. The Balaban J connectivity index is 1.32. The Morgan fingerprint density at radius 1 is 1.02 bits per heavy atom. The van der Waals surface area contributed by atoms with E-state index in [1.807, 2.05) is 6.07 Å². The summed E-state index contributed by atoms with van der Waals surface area (Å²) in [6.45, 7) is 3.57. The minimum atomic E-state index is -0.734. The molecule has 0 radical (unpaired) electrons. The van der Waals surface area contributed by atoms with Crippen molar-refractivity contribution in [3.8, 4) is 17.6 Å². The number of carbonyl (C=O) groups excluding carboxylic acids is 3. The zero-order chi connectivity index (χ0) is 29.1. The first-order valence-electron chi connectivity index (χ1n) is 12.8. The molecule has 1 aliphatic heterocycles. The molecule has 2 heterocycles. The Bertz CT molecular complexity index is 1680. The molecule has 41 heavy (non-hydrogen) atoms. The van der Waals surface area contributed by atoms with E-state index >= 15 is 0 Å². The fourth-order valence-corrected chi connectivity index (χ4v) is 5.96. The molecule has 5 rings (SSSR count). The second kappa shape index (κ2) is 12.0. The van der Waals surface area contributed by atoms with Gasteiger partial charge in [0, 0.05) is 29.1 Å². The lowest BCUT2D eigenvalue weighted by Gasteiger charge is -2.17. The van der Waals surface area contributed by atoms with Crippen LogP contribution in [0.1, 0.15) is 39.2 Å². The lowest BCUT2D eigenvalue weighted by Crippen LogP contribution is -2.31. The number of nitriles is 1. The number of rotatable bonds is 8. The summed E-state index contributed by atoms with van der Waals surface area (Å²) in [5.41, 5.74) is 3.27. The molecule has 3 aromatic carbocycles. The number of ether oxygens (including phenoxy) is 1. The van der Waals surface area contributed by atoms with Crippen molar-refractivity contribution in [1.29, 1.82) is 5.26 Å². The van der Waals surface area contributed by atoms with E-state index in [2.05, 4.69) is 11.1 Å². The Labute approximate surface area is 246 Å². The van der Waals surface area contributed by atoms with Crippen LogP contribution in [0.2, 0.25) is 5.02 Å². The monoisotopic (exact) mass is 581 g/mol. The number of aryl methyl sites for hydroxylation is 1. The molecule has 1 fully saturated rings. The van der Waals surface area contributed by atoms with Gasteiger partial charge in [0.25, 0.3) is 0 Å². The van der Waals surface area contributed by atoms with E-state index in [4.69, 9.17) is 16.3 Å². The lowest BCUT2D eigenvalue weighted by atomic mass is 9.96. The van der Waals surface area contributed by atoms with Crippen molar-refractivity contribution in [3.05, 3.63) is 112 Å². The molecule has 0 saturated carbocycles. The van der Waals surface area contributed by atoms with Gasteiger partial charge in [-0.15, -0.1) is 0 Å². The summed E-state index contributed by atoms with van der Waals surface area (Å²) < 4.78 is 5.80. The van der Waals surface area contributed by atoms with Gasteiger partial charge in [-0.1, -0.05) is 53.7 Å². The van der Waals surface area contributed by atoms with E-state index in [0.717, 1.165) is 16.7 Å². The van der Waals surface area contributed by atoms with Crippen molar-refractivity contribution >= 4 is 46.6 Å². The number of anilines is 1. The molecular formula is C32H24ClN3O4S. The van der Waals surface area contributed by atoms with Crippen LogP contribution in [-0.4, -0.2) is 27.8 Å². The smallest absolute Gasteiger partial charge is 0.247 e. The molecule has 1 aromatic heterocycles. The fourth-order valence-electron chi connectivity index (χ4n) is 4.63. The highest BCUT2D eigenvalue weighted by molar-refractivity contribution is 8.00. The van der Waals surface area contributed by atoms with E-state index in [9.17, 15) is 19.6 Å². The van der Waals surface area contributed by atoms with Crippen molar-refractivity contribution < 1.29 is 19.1 Å². The van der Waals surface area contributed by atoms with Gasteiger partial charge < -0.3 is 4.74 Å². The normalized spacial score (nSPS) is 14.7. The van der Waals surface area contributed by atoms with Crippen molar-refractivity contribution in [1.82, 2.24) is 4.98 Å². The Hall–Kier alpha value is -4.45. The zero-order valence-corrected chi connectivity index (χ0v) is 23.8. The molecule has 0 spiro atoms. The van der Waals surface area contributed by atoms with Gasteiger partial charge in [-0.2, -0.15) is 5.26 Å². The molecule has 204 valence electrons. The largest absolute Gasteiger partial charge is 0.457 e. The maximum atomic E-state index is 13.4. The molecule has 0 bridgehead atoms. The second-order valence-electron chi connectivity index (χ2n) is 9.49. The first-order valence-corrected chi connectivity index (χ1v) is 14.1. The summed E-state index contributed by atoms with van der Waals surface area (Å²) in [6, 6.07) is 24.7. The van der Waals surface area contributed by atoms with Gasteiger partial charge in [0.15, 0.2) is 5.78 Å². The van der Waals surface area contributed by atoms with E-state index in [1.54, 1.807) is 86.6 Å². The number of carbonyl (C=O) groups is 3. The number of nitrogens with zero attached hydrogens (tertiary/aromatic N) is 3. The second-order valence-corrected chi connectivity index (χ2v) is 11.1. The number of amides is 2. The van der Waals surface area contributed by atoms with Crippen molar-refractivity contribution in [2.45, 2.75) is 37.0 Å². The summed E-state index contributed by atoms with van der Waals surface area (Å²) in [6.07, 6.45) is 0.0894. The summed E-state index contributed by atoms with van der Waals surface area (Å²) >= 11 is 7.02. The van der Waals surface area contributed by atoms with Crippen LogP contribution in [-0.2, 0) is 16.0 Å². The third-order valence-corrected chi connectivity index (χ3v) is 8.22. The summed E-state index contributed by atoms with van der Waals surface area (Å²) in [5.74, 6) is 0.362. The minimum absolute atomic E-state index is 0.0224. The number of benzene rings is 3. The molecule has 1 saturated heterocycles. The van der Waals surface area contributed by atoms with Gasteiger partial charge in [0.1, 0.15) is 22.6 Å². The van der Waals surface area contributed by atoms with E-state index in [0.29, 0.717) is 55.2 Å². The third kappa shape index (κ3) is 6.02. The molecule has 1 atom stereocenters. The maximum absolute atomic E-state index is 13.4.